The molecule has 2 rings (SSSR count). The summed E-state index contributed by atoms with van der Waals surface area (Å²) in [6, 6.07) is 4.32. The number of anilines is 1. The molecular formula is C11H15N3OS. The highest BCUT2D eigenvalue weighted by Gasteiger charge is 2.30. The van der Waals surface area contributed by atoms with Crippen LogP contribution in [0.5, 0.6) is 0 Å². The number of hydrogen-bond acceptors (Lipinski definition) is 4. The standard InChI is InChI=1S/C11H15N3OS/c12-11(16)10-9(2-1-5-13-10)14(6-7-15)8-3-4-8/h1-2,5,8,15H,3-4,6-7H2,(H2,12,16). The third kappa shape index (κ3) is 2.31. The number of aromatic nitrogens is 1. The van der Waals surface area contributed by atoms with E-state index in [1.165, 1.54) is 0 Å². The summed E-state index contributed by atoms with van der Waals surface area (Å²) in [7, 11) is 0. The maximum absolute atomic E-state index is 9.08. The molecule has 4 nitrogen and oxygen atoms in total. The van der Waals surface area contributed by atoms with Crippen molar-refractivity contribution < 1.29 is 5.11 Å². The highest BCUT2D eigenvalue weighted by Crippen LogP contribution is 2.32. The minimum absolute atomic E-state index is 0.127. The van der Waals surface area contributed by atoms with Gasteiger partial charge in [-0.15, -0.1) is 0 Å². The van der Waals surface area contributed by atoms with Gasteiger partial charge in [-0.1, -0.05) is 12.2 Å². The SMILES string of the molecule is NC(=S)c1ncccc1N(CCO)C1CC1. The van der Waals surface area contributed by atoms with Crippen molar-refractivity contribution in [3.05, 3.63) is 24.0 Å². The molecule has 1 heterocycles. The van der Waals surface area contributed by atoms with Crippen LogP contribution in [0.2, 0.25) is 0 Å². The first-order valence-corrected chi connectivity index (χ1v) is 5.77. The summed E-state index contributed by atoms with van der Waals surface area (Å²) in [5.41, 5.74) is 7.24. The van der Waals surface area contributed by atoms with Gasteiger partial charge in [-0.05, 0) is 25.0 Å². The zero-order chi connectivity index (χ0) is 11.5. The summed E-state index contributed by atoms with van der Waals surface area (Å²) in [5.74, 6) is 0. The molecule has 5 heteroatoms. The Bertz CT molecular complexity index is 393. The Morgan fingerprint density at radius 1 is 1.62 bits per heavy atom. The first-order valence-electron chi connectivity index (χ1n) is 5.36. The van der Waals surface area contributed by atoms with Crippen molar-refractivity contribution in [1.82, 2.24) is 4.98 Å². The van der Waals surface area contributed by atoms with Crippen LogP contribution in [0.3, 0.4) is 0 Å². The Morgan fingerprint density at radius 3 is 2.94 bits per heavy atom. The summed E-state index contributed by atoms with van der Waals surface area (Å²) < 4.78 is 0. The van der Waals surface area contributed by atoms with Crippen molar-refractivity contribution in [3.63, 3.8) is 0 Å². The largest absolute Gasteiger partial charge is 0.395 e. The Hall–Kier alpha value is -1.20. The lowest BCUT2D eigenvalue weighted by atomic mass is 10.2. The quantitative estimate of drug-likeness (QED) is 0.737. The molecule has 0 radical (unpaired) electrons. The molecule has 0 unspecified atom stereocenters. The lowest BCUT2D eigenvalue weighted by molar-refractivity contribution is 0.301. The topological polar surface area (TPSA) is 62.4 Å². The van der Waals surface area contributed by atoms with E-state index in [-0.39, 0.29) is 6.61 Å². The van der Waals surface area contributed by atoms with Gasteiger partial charge in [0.2, 0.25) is 0 Å². The molecule has 86 valence electrons. The average Bonchev–Trinajstić information content (AvgIpc) is 3.10. The Kier molecular flexibility index (Phi) is 3.36. The monoisotopic (exact) mass is 237 g/mol. The van der Waals surface area contributed by atoms with Crippen LogP contribution in [0, 0.1) is 0 Å². The van der Waals surface area contributed by atoms with E-state index in [2.05, 4.69) is 9.88 Å². The molecule has 1 saturated carbocycles. The lowest BCUT2D eigenvalue weighted by Gasteiger charge is -2.25. The van der Waals surface area contributed by atoms with Crippen molar-refractivity contribution in [2.45, 2.75) is 18.9 Å². The first kappa shape index (κ1) is 11.3. The maximum atomic E-state index is 9.08. The van der Waals surface area contributed by atoms with Crippen molar-refractivity contribution in [1.29, 1.82) is 0 Å². The van der Waals surface area contributed by atoms with Crippen LogP contribution in [0.15, 0.2) is 18.3 Å². The predicted octanol–water partition coefficient (Wildman–Crippen LogP) is 0.677. The second kappa shape index (κ2) is 4.76. The van der Waals surface area contributed by atoms with Gasteiger partial charge >= 0.3 is 0 Å². The van der Waals surface area contributed by atoms with Gasteiger partial charge in [0.15, 0.2) is 0 Å². The fraction of sp³-hybridized carbons (Fsp3) is 0.455. The second-order valence-electron chi connectivity index (χ2n) is 3.88. The van der Waals surface area contributed by atoms with Crippen LogP contribution in [0.1, 0.15) is 18.5 Å². The molecule has 16 heavy (non-hydrogen) atoms. The van der Waals surface area contributed by atoms with Crippen molar-refractivity contribution in [2.24, 2.45) is 5.73 Å². The van der Waals surface area contributed by atoms with Crippen LogP contribution < -0.4 is 10.6 Å². The molecule has 0 aliphatic heterocycles. The summed E-state index contributed by atoms with van der Waals surface area (Å²) in [5, 5.41) is 9.08. The van der Waals surface area contributed by atoms with Gasteiger partial charge in [-0.3, -0.25) is 4.98 Å². The smallest absolute Gasteiger partial charge is 0.124 e. The van der Waals surface area contributed by atoms with E-state index in [9.17, 15) is 0 Å². The minimum atomic E-state index is 0.127. The fourth-order valence-corrected chi connectivity index (χ4v) is 1.97. The van der Waals surface area contributed by atoms with E-state index in [4.69, 9.17) is 23.1 Å². The highest BCUT2D eigenvalue weighted by molar-refractivity contribution is 7.80. The second-order valence-corrected chi connectivity index (χ2v) is 4.32. The zero-order valence-corrected chi connectivity index (χ0v) is 9.78. The number of aliphatic hydroxyl groups is 1. The van der Waals surface area contributed by atoms with Crippen molar-refractivity contribution in [2.75, 3.05) is 18.1 Å². The normalized spacial score (nSPS) is 14.8. The number of aliphatic hydroxyl groups excluding tert-OH is 1. The predicted molar refractivity (Wildman–Crippen MR) is 67.6 cm³/mol. The number of nitrogens with two attached hydrogens (primary N) is 1. The number of hydrogen-bond donors (Lipinski definition) is 2. The van der Waals surface area contributed by atoms with Gasteiger partial charge in [-0.25, -0.2) is 0 Å². The third-order valence-corrected chi connectivity index (χ3v) is 2.85. The summed E-state index contributed by atoms with van der Waals surface area (Å²) in [4.78, 5) is 6.65. The molecule has 1 aromatic heterocycles. The Labute approximate surface area is 100 Å². The first-order chi connectivity index (χ1) is 7.74. The van der Waals surface area contributed by atoms with Gasteiger partial charge in [0.25, 0.3) is 0 Å². The number of nitrogens with zero attached hydrogens (tertiary/aromatic N) is 2. The molecule has 1 aliphatic carbocycles. The van der Waals surface area contributed by atoms with Crippen LogP contribution in [-0.2, 0) is 0 Å². The molecule has 0 spiro atoms. The zero-order valence-electron chi connectivity index (χ0n) is 8.97. The van der Waals surface area contributed by atoms with Crippen LogP contribution in [0.25, 0.3) is 0 Å². The van der Waals surface area contributed by atoms with Gasteiger partial charge in [-0.2, -0.15) is 0 Å². The fourth-order valence-electron chi connectivity index (χ4n) is 1.81. The molecule has 3 N–H and O–H groups in total. The third-order valence-electron chi connectivity index (χ3n) is 2.66. The molecule has 0 atom stereocenters. The van der Waals surface area contributed by atoms with Crippen LogP contribution in [0.4, 0.5) is 5.69 Å². The van der Waals surface area contributed by atoms with Gasteiger partial charge in [0, 0.05) is 18.8 Å². The maximum Gasteiger partial charge on any atom is 0.124 e. The van der Waals surface area contributed by atoms with Gasteiger partial charge in [0.05, 0.1) is 12.3 Å². The van der Waals surface area contributed by atoms with Crippen LogP contribution >= 0.6 is 12.2 Å². The van der Waals surface area contributed by atoms with E-state index in [1.54, 1.807) is 6.20 Å². The number of rotatable bonds is 5. The van der Waals surface area contributed by atoms with E-state index in [0.29, 0.717) is 23.3 Å². The van der Waals surface area contributed by atoms with Gasteiger partial charge in [0.1, 0.15) is 10.7 Å². The highest BCUT2D eigenvalue weighted by atomic mass is 32.1. The van der Waals surface area contributed by atoms with Crippen LogP contribution in [-0.4, -0.2) is 34.3 Å². The van der Waals surface area contributed by atoms with Crippen molar-refractivity contribution >= 4 is 22.9 Å². The molecule has 0 aromatic carbocycles. The molecular weight excluding hydrogens is 222 g/mol. The lowest BCUT2D eigenvalue weighted by Crippen LogP contribution is -2.31. The van der Waals surface area contributed by atoms with E-state index >= 15 is 0 Å². The molecule has 1 fully saturated rings. The number of thiocarbonyl (C=S) groups is 1. The van der Waals surface area contributed by atoms with E-state index in [1.807, 2.05) is 12.1 Å². The molecule has 0 saturated heterocycles. The summed E-state index contributed by atoms with van der Waals surface area (Å²) in [6.07, 6.45) is 4.00. The van der Waals surface area contributed by atoms with E-state index < -0.39 is 0 Å². The molecule has 0 amide bonds. The summed E-state index contributed by atoms with van der Waals surface area (Å²) in [6.45, 7) is 0.730. The van der Waals surface area contributed by atoms with Gasteiger partial charge < -0.3 is 15.7 Å². The minimum Gasteiger partial charge on any atom is -0.395 e. The Morgan fingerprint density at radius 2 is 2.38 bits per heavy atom. The molecule has 1 aromatic rings. The molecule has 0 bridgehead atoms. The van der Waals surface area contributed by atoms with Crippen molar-refractivity contribution in [3.8, 4) is 0 Å². The summed E-state index contributed by atoms with van der Waals surface area (Å²) >= 11 is 4.99. The Balaban J connectivity index is 2.32. The average molecular weight is 237 g/mol. The number of pyridine rings is 1. The van der Waals surface area contributed by atoms with E-state index in [0.717, 1.165) is 18.5 Å². The molecule has 1 aliphatic rings.